The predicted octanol–water partition coefficient (Wildman–Crippen LogP) is 1.24. The first-order valence-corrected chi connectivity index (χ1v) is 5.24. The second-order valence-electron chi connectivity index (χ2n) is 3.97. The molecule has 0 saturated heterocycles. The number of benzene rings is 1. The zero-order valence-corrected chi connectivity index (χ0v) is 10.00. The van der Waals surface area contributed by atoms with Crippen LogP contribution in [0.1, 0.15) is 17.2 Å². The number of nitrogens with one attached hydrogen (secondary N) is 1. The summed E-state index contributed by atoms with van der Waals surface area (Å²) >= 11 is 0. The summed E-state index contributed by atoms with van der Waals surface area (Å²) in [5.74, 6) is 0.805. The average molecular weight is 220 g/mol. The Balaban J connectivity index is 2.68. The van der Waals surface area contributed by atoms with Gasteiger partial charge < -0.3 is 15.0 Å². The highest BCUT2D eigenvalue weighted by Gasteiger charge is 2.37. The molecule has 1 heterocycles. The van der Waals surface area contributed by atoms with Gasteiger partial charge in [-0.15, -0.1) is 0 Å². The molecule has 16 heavy (non-hydrogen) atoms. The van der Waals surface area contributed by atoms with Gasteiger partial charge >= 0.3 is 0 Å². The zero-order chi connectivity index (χ0) is 11.9. The molecule has 0 bridgehead atoms. The van der Waals surface area contributed by atoms with Crippen molar-refractivity contribution in [3.8, 4) is 5.75 Å². The number of amides is 1. The number of ether oxygens (including phenoxy) is 1. The molecule has 0 aliphatic carbocycles. The van der Waals surface area contributed by atoms with Crippen LogP contribution < -0.4 is 15.0 Å². The molecule has 0 fully saturated rings. The number of hydrogen-bond acceptors (Lipinski definition) is 3. The number of nitrogens with zero attached hydrogens (tertiary/aromatic N) is 1. The maximum absolute atomic E-state index is 12.0. The quantitative estimate of drug-likeness (QED) is 0.815. The van der Waals surface area contributed by atoms with E-state index in [0.717, 1.165) is 22.6 Å². The minimum Gasteiger partial charge on any atom is -0.495 e. The first-order chi connectivity index (χ1) is 7.61. The molecule has 1 N–H and O–H groups in total. The van der Waals surface area contributed by atoms with Crippen LogP contribution in [0.5, 0.6) is 5.75 Å². The summed E-state index contributed by atoms with van der Waals surface area (Å²) in [4.78, 5) is 13.7. The third-order valence-corrected chi connectivity index (χ3v) is 3.11. The van der Waals surface area contributed by atoms with Crippen molar-refractivity contribution in [3.05, 3.63) is 23.3 Å². The van der Waals surface area contributed by atoms with Crippen molar-refractivity contribution in [2.75, 3.05) is 26.1 Å². The lowest BCUT2D eigenvalue weighted by molar-refractivity contribution is -0.119. The summed E-state index contributed by atoms with van der Waals surface area (Å²) in [6.45, 7) is 2.01. The van der Waals surface area contributed by atoms with E-state index in [1.165, 1.54) is 0 Å². The molecular weight excluding hydrogens is 204 g/mol. The maximum atomic E-state index is 12.0. The first-order valence-electron chi connectivity index (χ1n) is 5.24. The Hall–Kier alpha value is -1.55. The van der Waals surface area contributed by atoms with Crippen LogP contribution in [0.2, 0.25) is 0 Å². The molecule has 1 aromatic carbocycles. The first kappa shape index (κ1) is 11.0. The van der Waals surface area contributed by atoms with Gasteiger partial charge in [-0.25, -0.2) is 0 Å². The third kappa shape index (κ3) is 1.30. The number of likely N-dealkylation sites (N-methyl/N-ethyl adjacent to an activating group) is 2. The Kier molecular flexibility index (Phi) is 2.59. The molecule has 1 atom stereocenters. The van der Waals surface area contributed by atoms with Crippen LogP contribution in [0.4, 0.5) is 5.69 Å². The van der Waals surface area contributed by atoms with Crippen LogP contribution >= 0.6 is 0 Å². The topological polar surface area (TPSA) is 41.6 Å². The van der Waals surface area contributed by atoms with Gasteiger partial charge in [-0.2, -0.15) is 0 Å². The van der Waals surface area contributed by atoms with E-state index in [-0.39, 0.29) is 11.9 Å². The Morgan fingerprint density at radius 1 is 1.44 bits per heavy atom. The SMILES string of the molecule is CNC1C(=O)N(C)c2c(OC)ccc(C)c21. The van der Waals surface area contributed by atoms with Gasteiger partial charge in [0.05, 0.1) is 12.8 Å². The van der Waals surface area contributed by atoms with E-state index in [1.54, 1.807) is 26.1 Å². The second kappa shape index (κ2) is 3.79. The van der Waals surface area contributed by atoms with E-state index in [1.807, 2.05) is 19.1 Å². The minimum absolute atomic E-state index is 0.0603. The molecule has 4 heteroatoms. The summed E-state index contributed by atoms with van der Waals surface area (Å²) < 4.78 is 5.30. The number of carbonyl (C=O) groups excluding carboxylic acids is 1. The van der Waals surface area contributed by atoms with E-state index in [4.69, 9.17) is 4.74 Å². The molecule has 0 saturated carbocycles. The molecule has 2 rings (SSSR count). The highest BCUT2D eigenvalue weighted by atomic mass is 16.5. The van der Waals surface area contributed by atoms with Gasteiger partial charge in [-0.1, -0.05) is 6.07 Å². The lowest BCUT2D eigenvalue weighted by Crippen LogP contribution is -2.30. The lowest BCUT2D eigenvalue weighted by atomic mass is 10.0. The summed E-state index contributed by atoms with van der Waals surface area (Å²) in [6.07, 6.45) is 0. The summed E-state index contributed by atoms with van der Waals surface area (Å²) in [7, 11) is 5.20. The number of anilines is 1. The van der Waals surface area contributed by atoms with Gasteiger partial charge in [-0.3, -0.25) is 4.79 Å². The second-order valence-corrected chi connectivity index (χ2v) is 3.97. The molecule has 86 valence electrons. The standard InChI is InChI=1S/C12H16N2O2/c1-7-5-6-8(16-4)11-9(7)10(13-2)12(15)14(11)3/h5-6,10,13H,1-4H3. The maximum Gasteiger partial charge on any atom is 0.248 e. The van der Waals surface area contributed by atoms with E-state index in [0.29, 0.717) is 0 Å². The molecule has 0 aromatic heterocycles. The molecule has 1 aliphatic heterocycles. The van der Waals surface area contributed by atoms with Crippen LogP contribution in [0, 0.1) is 6.92 Å². The smallest absolute Gasteiger partial charge is 0.248 e. The minimum atomic E-state index is -0.255. The van der Waals surface area contributed by atoms with Crippen molar-refractivity contribution in [2.24, 2.45) is 0 Å². The number of hydrogen-bond donors (Lipinski definition) is 1. The number of fused-ring (bicyclic) bond motifs is 1. The largest absolute Gasteiger partial charge is 0.495 e. The van der Waals surface area contributed by atoms with Crippen LogP contribution in [-0.4, -0.2) is 27.1 Å². The molecule has 1 aliphatic rings. The molecule has 0 spiro atoms. The average Bonchev–Trinajstić information content (AvgIpc) is 2.54. The fourth-order valence-corrected chi connectivity index (χ4v) is 2.26. The van der Waals surface area contributed by atoms with Crippen molar-refractivity contribution in [1.29, 1.82) is 0 Å². The van der Waals surface area contributed by atoms with Crippen molar-refractivity contribution in [3.63, 3.8) is 0 Å². The monoisotopic (exact) mass is 220 g/mol. The summed E-state index contributed by atoms with van der Waals surface area (Å²) in [6, 6.07) is 3.62. The molecule has 1 amide bonds. The number of aryl methyl sites for hydroxylation is 1. The highest BCUT2D eigenvalue weighted by Crippen LogP contribution is 2.43. The summed E-state index contributed by atoms with van der Waals surface area (Å²) in [5.41, 5.74) is 3.01. The van der Waals surface area contributed by atoms with E-state index in [9.17, 15) is 4.79 Å². The molecular formula is C12H16N2O2. The fraction of sp³-hybridized carbons (Fsp3) is 0.417. The predicted molar refractivity (Wildman–Crippen MR) is 62.9 cm³/mol. The lowest BCUT2D eigenvalue weighted by Gasteiger charge is -2.14. The Morgan fingerprint density at radius 2 is 2.12 bits per heavy atom. The number of rotatable bonds is 2. The van der Waals surface area contributed by atoms with E-state index in [2.05, 4.69) is 5.32 Å². The Bertz CT molecular complexity index is 443. The molecule has 1 unspecified atom stereocenters. The van der Waals surface area contributed by atoms with E-state index >= 15 is 0 Å². The third-order valence-electron chi connectivity index (χ3n) is 3.11. The van der Waals surface area contributed by atoms with Gasteiger partial charge in [0.15, 0.2) is 0 Å². The highest BCUT2D eigenvalue weighted by molar-refractivity contribution is 6.06. The van der Waals surface area contributed by atoms with Crippen LogP contribution in [-0.2, 0) is 4.79 Å². The van der Waals surface area contributed by atoms with Crippen LogP contribution in [0.3, 0.4) is 0 Å². The molecule has 1 aromatic rings. The number of carbonyl (C=O) groups is 1. The number of methoxy groups -OCH3 is 1. The van der Waals surface area contributed by atoms with Crippen molar-refractivity contribution in [2.45, 2.75) is 13.0 Å². The fourth-order valence-electron chi connectivity index (χ4n) is 2.26. The van der Waals surface area contributed by atoms with Crippen LogP contribution in [0.15, 0.2) is 12.1 Å². The molecule has 0 radical (unpaired) electrons. The van der Waals surface area contributed by atoms with Gasteiger partial charge in [0.25, 0.3) is 0 Å². The van der Waals surface area contributed by atoms with Crippen molar-refractivity contribution >= 4 is 11.6 Å². The van der Waals surface area contributed by atoms with Gasteiger partial charge in [0.2, 0.25) is 5.91 Å². The van der Waals surface area contributed by atoms with Gasteiger partial charge in [-0.05, 0) is 25.6 Å². The molecule has 4 nitrogen and oxygen atoms in total. The van der Waals surface area contributed by atoms with E-state index < -0.39 is 0 Å². The Labute approximate surface area is 95.2 Å². The zero-order valence-electron chi connectivity index (χ0n) is 10.00. The van der Waals surface area contributed by atoms with Crippen molar-refractivity contribution < 1.29 is 9.53 Å². The van der Waals surface area contributed by atoms with Gasteiger partial charge in [0.1, 0.15) is 11.8 Å². The van der Waals surface area contributed by atoms with Crippen molar-refractivity contribution in [1.82, 2.24) is 5.32 Å². The van der Waals surface area contributed by atoms with Gasteiger partial charge in [0, 0.05) is 12.6 Å². The Morgan fingerprint density at radius 3 is 2.69 bits per heavy atom. The van der Waals surface area contributed by atoms with Crippen LogP contribution in [0.25, 0.3) is 0 Å². The summed E-state index contributed by atoms with van der Waals surface area (Å²) in [5, 5.41) is 3.05. The normalized spacial score (nSPS) is 18.9.